The molecule has 0 aromatic heterocycles. The molecule has 28 heavy (non-hydrogen) atoms. The average Bonchev–Trinajstić information content (AvgIpc) is 2.63. The summed E-state index contributed by atoms with van der Waals surface area (Å²) < 4.78 is 32.0. The summed E-state index contributed by atoms with van der Waals surface area (Å²) in [5.74, 6) is 0.245. The summed E-state index contributed by atoms with van der Waals surface area (Å²) in [6.45, 7) is 5.68. The van der Waals surface area contributed by atoms with Crippen molar-refractivity contribution in [2.75, 3.05) is 20.2 Å². The molecule has 0 bridgehead atoms. The van der Waals surface area contributed by atoms with Gasteiger partial charge in [0.05, 0.1) is 24.1 Å². The maximum atomic E-state index is 12.8. The number of ether oxygens (including phenoxy) is 1. The smallest absolute Gasteiger partial charge is 0.243 e. The quantitative estimate of drug-likeness (QED) is 0.703. The molecule has 152 valence electrons. The molecule has 0 saturated heterocycles. The van der Waals surface area contributed by atoms with Crippen LogP contribution in [0.1, 0.15) is 31.0 Å². The Morgan fingerprint density at radius 1 is 1.21 bits per heavy atom. The summed E-state index contributed by atoms with van der Waals surface area (Å²) in [6.07, 6.45) is 0. The summed E-state index contributed by atoms with van der Waals surface area (Å²) >= 11 is 5.87. The van der Waals surface area contributed by atoms with Crippen LogP contribution in [0, 0.1) is 6.92 Å². The molecule has 1 unspecified atom stereocenters. The molecule has 0 aliphatic heterocycles. The zero-order valence-corrected chi connectivity index (χ0v) is 18.0. The molecule has 8 heteroatoms. The summed E-state index contributed by atoms with van der Waals surface area (Å²) in [7, 11) is -2.41. The minimum Gasteiger partial charge on any atom is -0.494 e. The Morgan fingerprint density at radius 3 is 2.43 bits per heavy atom. The highest BCUT2D eigenvalue weighted by Gasteiger charge is 2.24. The maximum absolute atomic E-state index is 12.8. The van der Waals surface area contributed by atoms with Crippen LogP contribution in [0.15, 0.2) is 47.4 Å². The molecule has 2 aromatic rings. The standard InChI is InChI=1S/C20H25ClN2O4S/c1-5-27-19-11-10-18(12-14(19)2)28(25,26)23(4)13-20(24)22-15(3)16-6-8-17(21)9-7-16/h6-12,15H,5,13H2,1-4H3,(H,22,24). The van der Waals surface area contributed by atoms with E-state index in [1.807, 2.05) is 26.0 Å². The van der Waals surface area contributed by atoms with Gasteiger partial charge in [0.25, 0.3) is 0 Å². The highest BCUT2D eigenvalue weighted by atomic mass is 35.5. The number of nitrogens with zero attached hydrogens (tertiary/aromatic N) is 1. The molecule has 1 atom stereocenters. The van der Waals surface area contributed by atoms with Crippen LogP contribution < -0.4 is 10.1 Å². The molecule has 0 aliphatic rings. The van der Waals surface area contributed by atoms with E-state index in [2.05, 4.69) is 5.32 Å². The van der Waals surface area contributed by atoms with Gasteiger partial charge < -0.3 is 10.1 Å². The van der Waals surface area contributed by atoms with Crippen molar-refractivity contribution in [3.05, 3.63) is 58.6 Å². The Morgan fingerprint density at radius 2 is 1.86 bits per heavy atom. The van der Waals surface area contributed by atoms with Gasteiger partial charge in [-0.15, -0.1) is 0 Å². The Bertz CT molecular complexity index is 930. The van der Waals surface area contributed by atoms with Gasteiger partial charge in [-0.1, -0.05) is 23.7 Å². The predicted octanol–water partition coefficient (Wildman–Crippen LogP) is 3.55. The predicted molar refractivity (Wildman–Crippen MR) is 110 cm³/mol. The molecule has 1 amide bonds. The number of halogens is 1. The summed E-state index contributed by atoms with van der Waals surface area (Å²) in [5.41, 5.74) is 1.60. The minimum absolute atomic E-state index is 0.120. The molecular weight excluding hydrogens is 400 g/mol. The van der Waals surface area contributed by atoms with E-state index in [9.17, 15) is 13.2 Å². The fourth-order valence-electron chi connectivity index (χ4n) is 2.69. The highest BCUT2D eigenvalue weighted by molar-refractivity contribution is 7.89. The van der Waals surface area contributed by atoms with E-state index in [1.54, 1.807) is 31.2 Å². The third-order valence-corrected chi connectivity index (χ3v) is 6.32. The number of carbonyl (C=O) groups excluding carboxylic acids is 1. The van der Waals surface area contributed by atoms with Crippen molar-refractivity contribution < 1.29 is 17.9 Å². The molecule has 0 aliphatic carbocycles. The van der Waals surface area contributed by atoms with Crippen LogP contribution >= 0.6 is 11.6 Å². The van der Waals surface area contributed by atoms with Crippen molar-refractivity contribution in [2.45, 2.75) is 31.7 Å². The number of likely N-dealkylation sites (N-methyl/N-ethyl adjacent to an activating group) is 1. The van der Waals surface area contributed by atoms with Gasteiger partial charge in [0.15, 0.2) is 0 Å². The number of hydrogen-bond acceptors (Lipinski definition) is 4. The number of sulfonamides is 1. The monoisotopic (exact) mass is 424 g/mol. The lowest BCUT2D eigenvalue weighted by Crippen LogP contribution is -2.39. The normalized spacial score (nSPS) is 12.6. The van der Waals surface area contributed by atoms with Crippen molar-refractivity contribution in [3.63, 3.8) is 0 Å². The second kappa shape index (κ2) is 9.41. The Labute approximate surface area is 171 Å². The second-order valence-corrected chi connectivity index (χ2v) is 8.94. The van der Waals surface area contributed by atoms with E-state index < -0.39 is 15.9 Å². The molecule has 2 rings (SSSR count). The van der Waals surface area contributed by atoms with E-state index in [0.29, 0.717) is 17.4 Å². The number of aryl methyl sites for hydroxylation is 1. The molecule has 0 spiro atoms. The zero-order valence-electron chi connectivity index (χ0n) is 16.4. The Balaban J connectivity index is 2.05. The molecule has 2 aromatic carbocycles. The first-order valence-electron chi connectivity index (χ1n) is 8.89. The zero-order chi connectivity index (χ0) is 20.9. The van der Waals surface area contributed by atoms with E-state index in [4.69, 9.17) is 16.3 Å². The van der Waals surface area contributed by atoms with Crippen LogP contribution in [-0.4, -0.2) is 38.8 Å². The number of hydrogen-bond donors (Lipinski definition) is 1. The number of carbonyl (C=O) groups is 1. The number of rotatable bonds is 8. The fourth-order valence-corrected chi connectivity index (χ4v) is 4.03. The second-order valence-electron chi connectivity index (χ2n) is 6.46. The van der Waals surface area contributed by atoms with Gasteiger partial charge in [0, 0.05) is 12.1 Å². The van der Waals surface area contributed by atoms with E-state index in [-0.39, 0.29) is 17.5 Å². The van der Waals surface area contributed by atoms with E-state index >= 15 is 0 Å². The fraction of sp³-hybridized carbons (Fsp3) is 0.350. The number of nitrogens with one attached hydrogen (secondary N) is 1. The first kappa shape index (κ1) is 22.2. The molecule has 0 radical (unpaired) electrons. The van der Waals surface area contributed by atoms with Crippen LogP contribution in [0.4, 0.5) is 0 Å². The van der Waals surface area contributed by atoms with Crippen molar-refractivity contribution in [3.8, 4) is 5.75 Å². The van der Waals surface area contributed by atoms with E-state index in [1.165, 1.54) is 13.1 Å². The molecule has 0 fully saturated rings. The summed E-state index contributed by atoms with van der Waals surface area (Å²) in [6, 6.07) is 11.5. The van der Waals surface area contributed by atoms with Gasteiger partial charge in [0.1, 0.15) is 5.75 Å². The lowest BCUT2D eigenvalue weighted by molar-refractivity contribution is -0.121. The minimum atomic E-state index is -3.79. The first-order chi connectivity index (χ1) is 13.1. The average molecular weight is 425 g/mol. The highest BCUT2D eigenvalue weighted by Crippen LogP contribution is 2.23. The molecule has 1 N–H and O–H groups in total. The lowest BCUT2D eigenvalue weighted by atomic mass is 10.1. The maximum Gasteiger partial charge on any atom is 0.243 e. The van der Waals surface area contributed by atoms with E-state index in [0.717, 1.165) is 15.4 Å². The summed E-state index contributed by atoms with van der Waals surface area (Å²) in [4.78, 5) is 12.4. The Kier molecular flexibility index (Phi) is 7.46. The van der Waals surface area contributed by atoms with Gasteiger partial charge in [-0.3, -0.25) is 4.79 Å². The van der Waals surface area contributed by atoms with Crippen LogP contribution in [0.2, 0.25) is 5.02 Å². The number of benzene rings is 2. The molecule has 6 nitrogen and oxygen atoms in total. The van der Waals surface area contributed by atoms with Crippen molar-refractivity contribution >= 4 is 27.5 Å². The van der Waals surface area contributed by atoms with Crippen LogP contribution in [-0.2, 0) is 14.8 Å². The molecule has 0 heterocycles. The SMILES string of the molecule is CCOc1ccc(S(=O)(=O)N(C)CC(=O)NC(C)c2ccc(Cl)cc2)cc1C. The number of amides is 1. The first-order valence-corrected chi connectivity index (χ1v) is 10.7. The largest absolute Gasteiger partial charge is 0.494 e. The van der Waals surface area contributed by atoms with Gasteiger partial charge in [0.2, 0.25) is 15.9 Å². The van der Waals surface area contributed by atoms with Crippen LogP contribution in [0.3, 0.4) is 0 Å². The molecule has 0 saturated carbocycles. The van der Waals surface area contributed by atoms with Gasteiger partial charge in [-0.25, -0.2) is 8.42 Å². The third kappa shape index (κ3) is 5.47. The van der Waals surface area contributed by atoms with Gasteiger partial charge in [-0.05, 0) is 62.2 Å². The van der Waals surface area contributed by atoms with Crippen LogP contribution in [0.25, 0.3) is 0 Å². The summed E-state index contributed by atoms with van der Waals surface area (Å²) in [5, 5.41) is 3.41. The van der Waals surface area contributed by atoms with Gasteiger partial charge in [-0.2, -0.15) is 4.31 Å². The van der Waals surface area contributed by atoms with Crippen molar-refractivity contribution in [1.29, 1.82) is 0 Å². The Hall–Kier alpha value is -2.09. The van der Waals surface area contributed by atoms with Crippen molar-refractivity contribution in [2.24, 2.45) is 0 Å². The van der Waals surface area contributed by atoms with Crippen molar-refractivity contribution in [1.82, 2.24) is 9.62 Å². The molecular formula is C20H25ClN2O4S. The van der Waals surface area contributed by atoms with Gasteiger partial charge >= 0.3 is 0 Å². The lowest BCUT2D eigenvalue weighted by Gasteiger charge is -2.20. The van der Waals surface area contributed by atoms with Crippen LogP contribution in [0.5, 0.6) is 5.75 Å². The third-order valence-electron chi connectivity index (χ3n) is 4.27. The topological polar surface area (TPSA) is 75.7 Å².